The van der Waals surface area contributed by atoms with E-state index in [1.165, 1.54) is 0 Å². The summed E-state index contributed by atoms with van der Waals surface area (Å²) in [7, 11) is 0. The standard InChI is InChI=1S/C31H31N5O3/c1-2-35-14-11-30(12-15-35)23-6-3-4-8-25(23)36(29(30)39)19-26(37)33-22-10-9-20-17-31(18-21(20)16-22)24-7-5-13-32-27(24)34-28(31)38/h3-10,13,16H,2,11-12,14-15,17-19H2,1H3,(H,33,37)(H,32,34,38). The predicted molar refractivity (Wildman–Crippen MR) is 149 cm³/mol. The Morgan fingerprint density at radius 1 is 0.974 bits per heavy atom. The first-order chi connectivity index (χ1) is 18.9. The van der Waals surface area contributed by atoms with Gasteiger partial charge in [-0.2, -0.15) is 0 Å². The number of likely N-dealkylation sites (tertiary alicyclic amines) is 1. The zero-order valence-electron chi connectivity index (χ0n) is 22.0. The number of hydrogen-bond donors (Lipinski definition) is 2. The van der Waals surface area contributed by atoms with Crippen molar-refractivity contribution in [1.29, 1.82) is 0 Å². The van der Waals surface area contributed by atoms with Crippen LogP contribution in [-0.4, -0.2) is 53.8 Å². The molecular formula is C31H31N5O3. The van der Waals surface area contributed by atoms with Crippen molar-refractivity contribution >= 4 is 34.9 Å². The van der Waals surface area contributed by atoms with Gasteiger partial charge in [-0.1, -0.05) is 37.3 Å². The fourth-order valence-corrected chi connectivity index (χ4v) is 7.18. The van der Waals surface area contributed by atoms with Crippen LogP contribution in [0.1, 0.15) is 42.0 Å². The van der Waals surface area contributed by atoms with Crippen molar-refractivity contribution in [2.75, 3.05) is 41.7 Å². The molecule has 7 rings (SSSR count). The molecule has 0 saturated carbocycles. The number of anilines is 3. The van der Waals surface area contributed by atoms with Gasteiger partial charge in [0, 0.05) is 23.1 Å². The molecule has 0 bridgehead atoms. The summed E-state index contributed by atoms with van der Waals surface area (Å²) in [6, 6.07) is 17.6. The summed E-state index contributed by atoms with van der Waals surface area (Å²) in [6.07, 6.45) is 4.40. The molecule has 39 heavy (non-hydrogen) atoms. The molecule has 1 aliphatic carbocycles. The molecule has 8 heteroatoms. The SMILES string of the molecule is CCN1CCC2(CC1)C(=O)N(CC(=O)Nc1ccc3c(c1)CC1(C3)C(=O)Nc3ncccc31)c1ccccc12. The first-order valence-corrected chi connectivity index (χ1v) is 13.8. The Kier molecular flexibility index (Phi) is 5.39. The number of amides is 3. The summed E-state index contributed by atoms with van der Waals surface area (Å²) in [5.41, 5.74) is 4.45. The molecule has 8 nitrogen and oxygen atoms in total. The normalized spacial score (nSPS) is 22.6. The van der Waals surface area contributed by atoms with Crippen molar-refractivity contribution < 1.29 is 14.4 Å². The van der Waals surface area contributed by atoms with Crippen molar-refractivity contribution in [2.45, 2.75) is 43.4 Å². The van der Waals surface area contributed by atoms with E-state index in [1.54, 1.807) is 11.1 Å². The van der Waals surface area contributed by atoms with E-state index in [-0.39, 0.29) is 24.3 Å². The number of rotatable bonds is 4. The van der Waals surface area contributed by atoms with E-state index in [9.17, 15) is 14.4 Å². The van der Waals surface area contributed by atoms with Crippen molar-refractivity contribution in [1.82, 2.24) is 9.88 Å². The molecule has 4 heterocycles. The predicted octanol–water partition coefficient (Wildman–Crippen LogP) is 3.41. The minimum absolute atomic E-state index is 0.0251. The second-order valence-corrected chi connectivity index (χ2v) is 11.2. The Bertz CT molecular complexity index is 1530. The highest BCUT2D eigenvalue weighted by molar-refractivity contribution is 6.12. The molecule has 2 aromatic carbocycles. The van der Waals surface area contributed by atoms with E-state index < -0.39 is 10.8 Å². The first-order valence-electron chi connectivity index (χ1n) is 13.8. The maximum Gasteiger partial charge on any atom is 0.244 e. The summed E-state index contributed by atoms with van der Waals surface area (Å²) in [6.45, 7) is 4.86. The highest BCUT2D eigenvalue weighted by Crippen LogP contribution is 2.48. The van der Waals surface area contributed by atoms with Crippen LogP contribution in [0.5, 0.6) is 0 Å². The Hall–Kier alpha value is -4.04. The van der Waals surface area contributed by atoms with Crippen molar-refractivity contribution in [2.24, 2.45) is 0 Å². The van der Waals surface area contributed by atoms with Gasteiger partial charge in [0.1, 0.15) is 12.4 Å². The Morgan fingerprint density at radius 2 is 1.74 bits per heavy atom. The van der Waals surface area contributed by atoms with Gasteiger partial charge in [-0.25, -0.2) is 4.98 Å². The molecule has 1 aromatic heterocycles. The van der Waals surface area contributed by atoms with Crippen molar-refractivity contribution in [3.63, 3.8) is 0 Å². The van der Waals surface area contributed by atoms with Gasteiger partial charge in [-0.3, -0.25) is 14.4 Å². The number of benzene rings is 2. The first kappa shape index (κ1) is 24.0. The summed E-state index contributed by atoms with van der Waals surface area (Å²) in [4.78, 5) is 48.5. The third kappa shape index (κ3) is 3.54. The Balaban J connectivity index is 1.09. The van der Waals surface area contributed by atoms with Gasteiger partial charge in [0.25, 0.3) is 0 Å². The molecule has 2 spiro atoms. The van der Waals surface area contributed by atoms with Crippen LogP contribution in [0.4, 0.5) is 17.2 Å². The molecule has 3 amide bonds. The third-order valence-electron chi connectivity index (χ3n) is 9.29. The molecular weight excluding hydrogens is 490 g/mol. The van der Waals surface area contributed by atoms with E-state index in [2.05, 4.69) is 33.5 Å². The number of carbonyl (C=O) groups excluding carboxylic acids is 3. The van der Waals surface area contributed by atoms with E-state index in [4.69, 9.17) is 0 Å². The van der Waals surface area contributed by atoms with E-state index in [0.29, 0.717) is 24.3 Å². The van der Waals surface area contributed by atoms with Gasteiger partial charge < -0.3 is 20.4 Å². The van der Waals surface area contributed by atoms with Crippen LogP contribution in [0.3, 0.4) is 0 Å². The highest BCUT2D eigenvalue weighted by Gasteiger charge is 2.53. The third-order valence-corrected chi connectivity index (χ3v) is 9.29. The van der Waals surface area contributed by atoms with Gasteiger partial charge in [-0.15, -0.1) is 0 Å². The number of aromatic nitrogens is 1. The lowest BCUT2D eigenvalue weighted by Gasteiger charge is -2.38. The molecule has 3 aliphatic heterocycles. The number of para-hydroxylation sites is 1. The lowest BCUT2D eigenvalue weighted by Crippen LogP contribution is -2.49. The molecule has 1 fully saturated rings. The number of hydrogen-bond acceptors (Lipinski definition) is 5. The minimum atomic E-state index is -0.651. The molecule has 1 atom stereocenters. The van der Waals surface area contributed by atoms with Crippen molar-refractivity contribution in [3.8, 4) is 0 Å². The smallest absolute Gasteiger partial charge is 0.244 e. The van der Waals surface area contributed by atoms with Gasteiger partial charge in [0.15, 0.2) is 0 Å². The number of nitrogens with zero attached hydrogens (tertiary/aromatic N) is 3. The van der Waals surface area contributed by atoms with Gasteiger partial charge in [-0.05, 0) is 86.3 Å². The molecule has 1 unspecified atom stereocenters. The molecule has 1 saturated heterocycles. The van der Waals surface area contributed by atoms with Crippen LogP contribution in [0.2, 0.25) is 0 Å². The monoisotopic (exact) mass is 521 g/mol. The van der Waals surface area contributed by atoms with E-state index >= 15 is 0 Å². The zero-order valence-corrected chi connectivity index (χ0v) is 22.0. The van der Waals surface area contributed by atoms with Gasteiger partial charge >= 0.3 is 0 Å². The van der Waals surface area contributed by atoms with Crippen LogP contribution < -0.4 is 15.5 Å². The molecule has 4 aliphatic rings. The van der Waals surface area contributed by atoms with Gasteiger partial charge in [0.05, 0.1) is 10.8 Å². The lowest BCUT2D eigenvalue weighted by atomic mass is 9.73. The summed E-state index contributed by atoms with van der Waals surface area (Å²) >= 11 is 0. The fourth-order valence-electron chi connectivity index (χ4n) is 7.18. The summed E-state index contributed by atoms with van der Waals surface area (Å²) in [5, 5.41) is 5.95. The Labute approximate surface area is 227 Å². The number of nitrogens with one attached hydrogen (secondary N) is 2. The second-order valence-electron chi connectivity index (χ2n) is 11.2. The Morgan fingerprint density at radius 3 is 2.56 bits per heavy atom. The highest BCUT2D eigenvalue weighted by atomic mass is 16.2. The molecule has 2 N–H and O–H groups in total. The average Bonchev–Trinajstić information content (AvgIpc) is 3.54. The van der Waals surface area contributed by atoms with E-state index in [1.807, 2.05) is 48.5 Å². The van der Waals surface area contributed by atoms with Crippen LogP contribution in [0.25, 0.3) is 0 Å². The average molecular weight is 522 g/mol. The summed E-state index contributed by atoms with van der Waals surface area (Å²) in [5.74, 6) is 0.410. The number of pyridine rings is 1. The minimum Gasteiger partial charge on any atom is -0.325 e. The van der Waals surface area contributed by atoms with Crippen LogP contribution in [0, 0.1) is 0 Å². The molecule has 3 aromatic rings. The van der Waals surface area contributed by atoms with Crippen molar-refractivity contribution in [3.05, 3.63) is 83.0 Å². The quantitative estimate of drug-likeness (QED) is 0.549. The largest absolute Gasteiger partial charge is 0.325 e. The topological polar surface area (TPSA) is 94.6 Å². The fraction of sp³-hybridized carbons (Fsp3) is 0.355. The van der Waals surface area contributed by atoms with E-state index in [0.717, 1.165) is 60.4 Å². The zero-order chi connectivity index (χ0) is 26.8. The summed E-state index contributed by atoms with van der Waals surface area (Å²) < 4.78 is 0. The number of carbonyl (C=O) groups is 3. The number of fused-ring (bicyclic) bond motifs is 5. The molecule has 198 valence electrons. The number of piperidine rings is 1. The van der Waals surface area contributed by atoms with Crippen LogP contribution in [-0.2, 0) is 38.1 Å². The second kappa shape index (κ2) is 8.74. The van der Waals surface area contributed by atoms with Crippen LogP contribution in [0.15, 0.2) is 60.8 Å². The van der Waals surface area contributed by atoms with Crippen LogP contribution >= 0.6 is 0 Å². The maximum absolute atomic E-state index is 13.8. The molecule has 0 radical (unpaired) electrons. The van der Waals surface area contributed by atoms with Gasteiger partial charge in [0.2, 0.25) is 17.7 Å². The lowest BCUT2D eigenvalue weighted by molar-refractivity contribution is -0.126. The maximum atomic E-state index is 13.8.